The third kappa shape index (κ3) is 16.0. The van der Waals surface area contributed by atoms with Crippen LogP contribution in [0.5, 0.6) is 0 Å². The van der Waals surface area contributed by atoms with Crippen LogP contribution < -0.4 is 10.6 Å². The molecule has 380 valence electrons. The lowest BCUT2D eigenvalue weighted by atomic mass is 9.94. The Bertz CT molecular complexity index is 2460. The molecule has 2 aliphatic heterocycles. The zero-order valence-corrected chi connectivity index (χ0v) is 41.9. The van der Waals surface area contributed by atoms with Crippen molar-refractivity contribution in [3.05, 3.63) is 156 Å². The lowest BCUT2D eigenvalue weighted by Gasteiger charge is -2.49. The molecule has 5 aromatic carbocycles. The minimum absolute atomic E-state index is 0.0302. The number of rotatable bonds is 20. The van der Waals surface area contributed by atoms with Gasteiger partial charge in [-0.3, -0.25) is 4.79 Å². The van der Waals surface area contributed by atoms with E-state index in [-0.39, 0.29) is 33.0 Å². The number of alkyl carbamates (subject to hydrolysis) is 1. The summed E-state index contributed by atoms with van der Waals surface area (Å²) in [6.45, 7) is 5.11. The number of carbonyl (C=O) groups is 3. The Morgan fingerprint density at radius 2 is 1.21 bits per heavy atom. The van der Waals surface area contributed by atoms with Crippen molar-refractivity contribution in [1.29, 1.82) is 0 Å². The van der Waals surface area contributed by atoms with Crippen LogP contribution in [0.4, 0.5) is 9.59 Å². The van der Waals surface area contributed by atoms with E-state index < -0.39 is 89.8 Å². The molecule has 0 unspecified atom stereocenters. The van der Waals surface area contributed by atoms with Crippen LogP contribution in [0.2, 0.25) is 0 Å². The first-order chi connectivity index (χ1) is 34.2. The summed E-state index contributed by atoms with van der Waals surface area (Å²) in [4.78, 5) is 41.8. The van der Waals surface area contributed by atoms with Gasteiger partial charge in [-0.05, 0) is 59.4 Å². The van der Waals surface area contributed by atoms with Crippen LogP contribution in [-0.4, -0.2) is 113 Å². The second-order valence-corrected chi connectivity index (χ2v) is 20.0. The highest BCUT2D eigenvalue weighted by atomic mass is 35.6. The third-order valence-corrected chi connectivity index (χ3v) is 12.3. The zero-order valence-electron chi connectivity index (χ0n) is 39.7. The number of nitrogens with one attached hydrogen (secondary N) is 2. The number of alkyl halides is 3. The molecule has 0 radical (unpaired) electrons. The van der Waals surface area contributed by atoms with Crippen LogP contribution >= 0.6 is 34.8 Å². The molecule has 0 saturated carbocycles. The van der Waals surface area contributed by atoms with Crippen LogP contribution in [0.3, 0.4) is 0 Å². The van der Waals surface area contributed by atoms with Gasteiger partial charge in [0.2, 0.25) is 9.70 Å². The van der Waals surface area contributed by atoms with Crippen LogP contribution in [0, 0.1) is 0 Å². The number of aliphatic hydroxyl groups excluding tert-OH is 1. The van der Waals surface area contributed by atoms with Gasteiger partial charge in [0.15, 0.2) is 12.6 Å². The molecule has 71 heavy (non-hydrogen) atoms. The molecule has 7 rings (SSSR count). The fourth-order valence-electron chi connectivity index (χ4n) is 8.47. The first-order valence-corrected chi connectivity index (χ1v) is 24.6. The molecule has 3 N–H and O–H groups in total. The molecule has 0 aromatic heterocycles. The molecular weight excluding hydrogens is 977 g/mol. The second kappa shape index (κ2) is 26.1. The van der Waals surface area contributed by atoms with Gasteiger partial charge in [0.05, 0.1) is 32.0 Å². The first kappa shape index (κ1) is 53.8. The summed E-state index contributed by atoms with van der Waals surface area (Å²) >= 11 is 17.8. The standard InChI is InChI=1S/C53H60Cl3N3O12/c1-34-45(61)47(66-32-40-24-25-41-22-13-14-23-42(41)28-40)43(58-51(62)68-33-53(54,55)56)50(69-34)71-48-44(57-36(3)60)49(70-35(2)46(48)65-30-38-18-9-5-10-19-38)64-27-15-26-59(29-37-16-7-4-8-17-37)52(63)67-31-39-20-11-6-12-21-39/h4-14,16-25,28,34-35,43-50,61H,15,26-27,29-33H2,1-3H3,(H,57,60)(H,58,62)/t34-,35+,43-,44+,45+,46+,47-,48+,49-,50-/m0/s1. The van der Waals surface area contributed by atoms with Gasteiger partial charge < -0.3 is 58.5 Å². The summed E-state index contributed by atoms with van der Waals surface area (Å²) in [7, 11) is 0. The minimum atomic E-state index is -1.93. The zero-order chi connectivity index (χ0) is 50.3. The number of fused-ring (bicyclic) bond motifs is 1. The van der Waals surface area contributed by atoms with Crippen LogP contribution in [0.1, 0.15) is 49.4 Å². The van der Waals surface area contributed by atoms with Gasteiger partial charge in [-0.2, -0.15) is 0 Å². The number of aliphatic hydroxyl groups is 1. The van der Waals surface area contributed by atoms with E-state index in [2.05, 4.69) is 10.6 Å². The predicted molar refractivity (Wildman–Crippen MR) is 267 cm³/mol. The number of benzene rings is 5. The molecule has 15 nitrogen and oxygen atoms in total. The average molecular weight is 1040 g/mol. The van der Waals surface area contributed by atoms with Crippen molar-refractivity contribution >= 4 is 63.7 Å². The number of hydrogen-bond acceptors (Lipinski definition) is 12. The maximum atomic E-state index is 13.5. The van der Waals surface area contributed by atoms with Crippen molar-refractivity contribution in [2.24, 2.45) is 0 Å². The van der Waals surface area contributed by atoms with Crippen molar-refractivity contribution in [1.82, 2.24) is 15.5 Å². The Kier molecular flexibility index (Phi) is 19.7. The molecule has 5 aromatic rings. The third-order valence-electron chi connectivity index (χ3n) is 12.0. The van der Waals surface area contributed by atoms with E-state index in [1.807, 2.05) is 133 Å². The Hall–Kier alpha value is -5.04. The maximum absolute atomic E-state index is 13.5. The van der Waals surface area contributed by atoms with E-state index in [0.29, 0.717) is 13.0 Å². The highest BCUT2D eigenvalue weighted by Gasteiger charge is 2.52. The number of ether oxygens (including phenoxy) is 8. The lowest BCUT2D eigenvalue weighted by Crippen LogP contribution is -2.69. The number of carbonyl (C=O) groups excluding carboxylic acids is 3. The van der Waals surface area contributed by atoms with E-state index >= 15 is 0 Å². The van der Waals surface area contributed by atoms with Gasteiger partial charge in [0.1, 0.15) is 49.7 Å². The molecule has 0 aliphatic carbocycles. The molecule has 10 atom stereocenters. The van der Waals surface area contributed by atoms with Crippen LogP contribution in [0.25, 0.3) is 10.8 Å². The molecule has 0 bridgehead atoms. The highest BCUT2D eigenvalue weighted by Crippen LogP contribution is 2.34. The van der Waals surface area contributed by atoms with Crippen LogP contribution in [-0.2, 0) is 69.1 Å². The Balaban J connectivity index is 1.14. The maximum Gasteiger partial charge on any atom is 0.410 e. The SMILES string of the molecule is CC(=O)N[C@H]1[C@@H](OCCCN(Cc2ccccc2)C(=O)OCc2ccccc2)O[C@H](C)[C@@H](OCc2ccccc2)[C@@H]1O[C@@H]1O[C@@H](C)[C@@H](O)[C@@H](OCc2ccc3ccccc3c2)[C@@H]1NC(=O)OCC(Cl)(Cl)Cl. The molecule has 2 fully saturated rings. The van der Waals surface area contributed by atoms with E-state index in [0.717, 1.165) is 33.0 Å². The predicted octanol–water partition coefficient (Wildman–Crippen LogP) is 8.76. The molecule has 2 heterocycles. The number of hydrogen-bond donors (Lipinski definition) is 3. The second-order valence-electron chi connectivity index (χ2n) is 17.5. The normalized spacial score (nSPS) is 24.4. The molecule has 2 saturated heterocycles. The fraction of sp³-hybridized carbons (Fsp3) is 0.415. The molecule has 0 spiro atoms. The van der Waals surface area contributed by atoms with E-state index in [9.17, 15) is 19.5 Å². The van der Waals surface area contributed by atoms with E-state index in [1.54, 1.807) is 18.7 Å². The number of amides is 3. The lowest BCUT2D eigenvalue weighted by molar-refractivity contribution is -0.329. The fourth-order valence-corrected chi connectivity index (χ4v) is 8.64. The summed E-state index contributed by atoms with van der Waals surface area (Å²) in [5.74, 6) is -0.428. The van der Waals surface area contributed by atoms with Gasteiger partial charge in [-0.25, -0.2) is 9.59 Å². The summed E-state index contributed by atoms with van der Waals surface area (Å²) in [5, 5.41) is 19.4. The smallest absolute Gasteiger partial charge is 0.410 e. The monoisotopic (exact) mass is 1040 g/mol. The Morgan fingerprint density at radius 1 is 0.634 bits per heavy atom. The topological polar surface area (TPSA) is 173 Å². The number of nitrogens with zero attached hydrogens (tertiary/aromatic N) is 1. The van der Waals surface area contributed by atoms with Gasteiger partial charge in [0.25, 0.3) is 0 Å². The summed E-state index contributed by atoms with van der Waals surface area (Å²) in [6, 6.07) is 39.9. The van der Waals surface area contributed by atoms with Crippen molar-refractivity contribution in [2.75, 3.05) is 19.8 Å². The minimum Gasteiger partial charge on any atom is -0.445 e. The van der Waals surface area contributed by atoms with Crippen molar-refractivity contribution in [3.8, 4) is 0 Å². The van der Waals surface area contributed by atoms with Gasteiger partial charge in [0, 0.05) is 20.0 Å². The van der Waals surface area contributed by atoms with Gasteiger partial charge in [-0.1, -0.05) is 162 Å². The van der Waals surface area contributed by atoms with Crippen molar-refractivity contribution in [2.45, 2.75) is 119 Å². The van der Waals surface area contributed by atoms with Crippen molar-refractivity contribution in [3.63, 3.8) is 0 Å². The summed E-state index contributed by atoms with van der Waals surface area (Å²) in [6.07, 6.45) is -9.66. The van der Waals surface area contributed by atoms with E-state index in [1.165, 1.54) is 6.92 Å². The largest absolute Gasteiger partial charge is 0.445 e. The number of halogens is 3. The Morgan fingerprint density at radius 3 is 1.87 bits per heavy atom. The van der Waals surface area contributed by atoms with Crippen LogP contribution in [0.15, 0.2) is 133 Å². The molecular formula is C53H60Cl3N3O12. The molecule has 2 aliphatic rings. The average Bonchev–Trinajstić information content (AvgIpc) is 3.36. The quantitative estimate of drug-likeness (QED) is 0.0501. The molecule has 3 amide bonds. The van der Waals surface area contributed by atoms with Gasteiger partial charge in [-0.15, -0.1) is 0 Å². The van der Waals surface area contributed by atoms with E-state index in [4.69, 9.17) is 72.7 Å². The first-order valence-electron chi connectivity index (χ1n) is 23.5. The molecule has 18 heteroatoms. The van der Waals surface area contributed by atoms with Gasteiger partial charge >= 0.3 is 12.2 Å². The summed E-state index contributed by atoms with van der Waals surface area (Å²) < 4.78 is 48.4. The summed E-state index contributed by atoms with van der Waals surface area (Å²) in [5.41, 5.74) is 3.44. The van der Waals surface area contributed by atoms with Crippen molar-refractivity contribution < 1.29 is 57.4 Å². The Labute approximate surface area is 428 Å². The highest BCUT2D eigenvalue weighted by molar-refractivity contribution is 6.67.